The average molecular weight is 1460 g/mol. The SMILES string of the molecule is C[C@H](N)c1cc2ccc(F)cc2nc1-c1cc(F)cc(F)c1.C[C@H](N)c1cc2ccc(F)cc2nc1-c1cccc(F)c1.C[C@H](N)c1cc2ccc(F)cc2nc1-c1ccccc1.C[C@H](N)c1cc2ccc(F)cc2nc1-c1ccccc1S(C)(=O)=O.C[C@H](N)c1cc2ccc(F)cc2nc1-c1ccccn1. The molecule has 107 heavy (non-hydrogen) atoms. The van der Waals surface area contributed by atoms with Gasteiger partial charge in [0.05, 0.1) is 66.6 Å². The van der Waals surface area contributed by atoms with E-state index in [1.165, 1.54) is 91.0 Å². The molecule has 9 aromatic carbocycles. The molecule has 15 aromatic rings. The lowest BCUT2D eigenvalue weighted by molar-refractivity contribution is 0.584. The van der Waals surface area contributed by atoms with Crippen LogP contribution in [-0.2, 0) is 9.84 Å². The van der Waals surface area contributed by atoms with Crippen molar-refractivity contribution in [2.75, 3.05) is 6.26 Å². The second kappa shape index (κ2) is 33.2. The standard InChI is InChI=1S/C18H17FN2O2S.C17H13F3N2.C17H14F2N2.C17H15FN2.C16H14FN3/c1-11(20)15-9-12-7-8-13(19)10-16(12)21-18(15)14-5-3-4-6-17(14)24(2,22)23;1-9(21)15-6-10-2-3-12(18)8-16(10)22-17(15)11-4-13(19)7-14(20)5-11;1-10(20)15-8-11-5-6-14(19)9-16(11)21-17(15)12-3-2-4-13(18)7-12;1-11(19)15-9-13-7-8-14(18)10-16(13)20-17(15)12-5-3-2-4-6-12;1-10(18)13-8-11-5-6-12(17)9-15(11)20-16(13)14-4-2-3-7-19-14/h3-11H,20H2,1-2H3;2-9H,21H2,1H3;2-10H,20H2,1H3;2-11H,19H2,1H3;2-10H,18H2,1H3/t11-;9-;10-;11-;10-/m00000/s1. The van der Waals surface area contributed by atoms with Crippen LogP contribution in [0.1, 0.15) is 92.6 Å². The molecule has 6 heterocycles. The Bertz CT molecular complexity index is 5730. The Morgan fingerprint density at radius 1 is 0.290 bits per heavy atom. The van der Waals surface area contributed by atoms with Gasteiger partial charge in [-0.15, -0.1) is 0 Å². The van der Waals surface area contributed by atoms with Crippen molar-refractivity contribution in [1.82, 2.24) is 29.9 Å². The largest absolute Gasteiger partial charge is 0.324 e. The summed E-state index contributed by atoms with van der Waals surface area (Å²) in [4.78, 5) is 27.0. The molecule has 22 heteroatoms. The zero-order valence-electron chi connectivity index (χ0n) is 58.8. The Balaban J connectivity index is 0.000000133. The third-order valence-corrected chi connectivity index (χ3v) is 18.4. The van der Waals surface area contributed by atoms with E-state index in [0.29, 0.717) is 78.0 Å². The average Bonchev–Trinajstić information content (AvgIpc) is 0.797. The van der Waals surface area contributed by atoms with Crippen molar-refractivity contribution >= 4 is 64.4 Å². The quantitative estimate of drug-likeness (QED) is 0.0758. The summed E-state index contributed by atoms with van der Waals surface area (Å²) < 4.78 is 132. The minimum Gasteiger partial charge on any atom is -0.324 e. The summed E-state index contributed by atoms with van der Waals surface area (Å²) in [5, 5.41) is 4.05. The fraction of sp³-hybridized carbons (Fsp3) is 0.129. The minimum atomic E-state index is -3.44. The van der Waals surface area contributed by atoms with E-state index >= 15 is 0 Å². The summed E-state index contributed by atoms with van der Waals surface area (Å²) in [7, 11) is -3.44. The van der Waals surface area contributed by atoms with Crippen molar-refractivity contribution in [3.8, 4) is 56.4 Å². The molecular formula is C85H73F8N11O2S. The van der Waals surface area contributed by atoms with Gasteiger partial charge >= 0.3 is 0 Å². The van der Waals surface area contributed by atoms with Crippen LogP contribution in [0.2, 0.25) is 0 Å². The second-order valence-corrected chi connectivity index (χ2v) is 27.8. The molecule has 6 aromatic heterocycles. The topological polar surface area (TPSA) is 242 Å². The van der Waals surface area contributed by atoms with Crippen LogP contribution in [0.5, 0.6) is 0 Å². The van der Waals surface area contributed by atoms with Crippen LogP contribution < -0.4 is 28.7 Å². The highest BCUT2D eigenvalue weighted by atomic mass is 32.2. The molecule has 13 nitrogen and oxygen atoms in total. The molecule has 15 rings (SSSR count). The summed E-state index contributed by atoms with van der Waals surface area (Å²) in [6.07, 6.45) is 2.86. The minimum absolute atomic E-state index is 0.132. The fourth-order valence-electron chi connectivity index (χ4n) is 12.0. The van der Waals surface area contributed by atoms with Gasteiger partial charge in [0.25, 0.3) is 0 Å². The van der Waals surface area contributed by atoms with Crippen molar-refractivity contribution in [1.29, 1.82) is 0 Å². The number of sulfone groups is 1. The van der Waals surface area contributed by atoms with Gasteiger partial charge in [-0.2, -0.15) is 0 Å². The number of benzene rings is 9. The number of fused-ring (bicyclic) bond motifs is 5. The number of nitrogens with two attached hydrogens (primary N) is 5. The molecule has 0 fully saturated rings. The van der Waals surface area contributed by atoms with E-state index in [4.69, 9.17) is 28.7 Å². The molecule has 0 saturated carbocycles. The number of rotatable bonds is 11. The van der Waals surface area contributed by atoms with Crippen molar-refractivity contribution < 1.29 is 43.5 Å². The molecule has 0 aliphatic carbocycles. The zero-order chi connectivity index (χ0) is 76.5. The molecular weight excluding hydrogens is 1390 g/mol. The van der Waals surface area contributed by atoms with Crippen molar-refractivity contribution in [3.63, 3.8) is 0 Å². The van der Waals surface area contributed by atoms with Gasteiger partial charge in [-0.25, -0.2) is 68.5 Å². The first-order valence-corrected chi connectivity index (χ1v) is 35.7. The molecule has 0 aliphatic rings. The third kappa shape index (κ3) is 18.5. The van der Waals surface area contributed by atoms with Crippen molar-refractivity contribution in [2.45, 2.75) is 69.7 Å². The molecule has 10 N–H and O–H groups in total. The summed E-state index contributed by atoms with van der Waals surface area (Å²) in [5.41, 5.74) is 42.8. The maximum atomic E-state index is 13.5. The van der Waals surface area contributed by atoms with Crippen LogP contribution in [0.15, 0.2) is 248 Å². The summed E-state index contributed by atoms with van der Waals surface area (Å²) in [6.45, 7) is 9.23. The van der Waals surface area contributed by atoms with Gasteiger partial charge in [0.15, 0.2) is 9.84 Å². The van der Waals surface area contributed by atoms with Gasteiger partial charge in [-0.05, 0) is 196 Å². The molecule has 0 radical (unpaired) electrons. The van der Waals surface area contributed by atoms with Crippen LogP contribution in [-0.4, -0.2) is 44.6 Å². The van der Waals surface area contributed by atoms with Gasteiger partial charge < -0.3 is 28.7 Å². The van der Waals surface area contributed by atoms with E-state index in [0.717, 1.165) is 67.5 Å². The first kappa shape index (κ1) is 76.5. The Labute approximate surface area is 612 Å². The molecule has 0 unspecified atom stereocenters. The normalized spacial score (nSPS) is 12.7. The van der Waals surface area contributed by atoms with Crippen molar-refractivity contribution in [2.24, 2.45) is 28.7 Å². The lowest BCUT2D eigenvalue weighted by Crippen LogP contribution is -2.10. The summed E-state index contributed by atoms with van der Waals surface area (Å²) >= 11 is 0. The van der Waals surface area contributed by atoms with E-state index in [-0.39, 0.29) is 63.9 Å². The number of hydrogen-bond donors (Lipinski definition) is 5. The highest BCUT2D eigenvalue weighted by Crippen LogP contribution is 2.37. The van der Waals surface area contributed by atoms with Gasteiger partial charge in [-0.3, -0.25) is 4.98 Å². The van der Waals surface area contributed by atoms with Gasteiger partial charge in [0, 0.05) is 128 Å². The molecule has 0 amide bonds. The molecule has 0 aliphatic heterocycles. The first-order valence-electron chi connectivity index (χ1n) is 33.8. The predicted octanol–water partition coefficient (Wildman–Crippen LogP) is 19.5. The molecule has 0 spiro atoms. The Kier molecular flexibility index (Phi) is 23.8. The highest BCUT2D eigenvalue weighted by Gasteiger charge is 2.22. The van der Waals surface area contributed by atoms with Gasteiger partial charge in [0.1, 0.15) is 46.5 Å². The smallest absolute Gasteiger partial charge is 0.176 e. The molecule has 0 saturated heterocycles. The summed E-state index contributed by atoms with van der Waals surface area (Å²) in [5.74, 6) is -3.50. The first-order chi connectivity index (χ1) is 51.0. The summed E-state index contributed by atoms with van der Waals surface area (Å²) in [6, 6.07) is 61.6. The molecule has 0 bridgehead atoms. The number of halogens is 8. The van der Waals surface area contributed by atoms with E-state index < -0.39 is 33.1 Å². The molecule has 5 atom stereocenters. The van der Waals surface area contributed by atoms with Crippen molar-refractivity contribution in [3.05, 3.63) is 317 Å². The van der Waals surface area contributed by atoms with Crippen LogP contribution in [0, 0.1) is 46.5 Å². The van der Waals surface area contributed by atoms with E-state index in [2.05, 4.69) is 29.9 Å². The highest BCUT2D eigenvalue weighted by molar-refractivity contribution is 7.90. The van der Waals surface area contributed by atoms with Gasteiger partial charge in [-0.1, -0.05) is 66.7 Å². The van der Waals surface area contributed by atoms with E-state index in [1.54, 1.807) is 86.8 Å². The maximum Gasteiger partial charge on any atom is 0.176 e. The molecule has 542 valence electrons. The zero-order valence-corrected chi connectivity index (χ0v) is 59.6. The second-order valence-electron chi connectivity index (χ2n) is 25.8. The third-order valence-electron chi connectivity index (χ3n) is 17.2. The number of pyridine rings is 6. The number of nitrogens with zero attached hydrogens (tertiary/aromatic N) is 6. The Morgan fingerprint density at radius 2 is 0.607 bits per heavy atom. The van der Waals surface area contributed by atoms with Crippen LogP contribution in [0.4, 0.5) is 35.1 Å². The van der Waals surface area contributed by atoms with E-state index in [1.807, 2.05) is 93.6 Å². The van der Waals surface area contributed by atoms with Gasteiger partial charge in [0.2, 0.25) is 0 Å². The Morgan fingerprint density at radius 3 is 0.991 bits per heavy atom. The fourth-order valence-corrected chi connectivity index (χ4v) is 12.9. The van der Waals surface area contributed by atoms with Crippen LogP contribution in [0.25, 0.3) is 111 Å². The number of hydrogen-bond acceptors (Lipinski definition) is 13. The lowest BCUT2D eigenvalue weighted by atomic mass is 9.99. The van der Waals surface area contributed by atoms with E-state index in [9.17, 15) is 43.5 Å². The number of aromatic nitrogens is 6. The van der Waals surface area contributed by atoms with Crippen LogP contribution >= 0.6 is 0 Å². The lowest BCUT2D eigenvalue weighted by Gasteiger charge is -2.16. The maximum absolute atomic E-state index is 13.5. The monoisotopic (exact) mass is 1460 g/mol. The Hall–Kier alpha value is -11.6. The predicted molar refractivity (Wildman–Crippen MR) is 409 cm³/mol. The van der Waals surface area contributed by atoms with Crippen LogP contribution in [0.3, 0.4) is 0 Å².